The standard InChI is InChI=1S/C35H50ClN7O4/c1-6-37-16-18-46-32-19-25(8-14-30(32)36)26-20-38-34(39-21-26)40-31-22-42(41-33(31)47-35(3,4)15-17-44)27-10-12-28(13-11-27)43-24(2)7-9-29(43)23-45-5/h6,8,14,19-22,24,27-29,37,44H,1,7,9-13,15-18,23H2,2-5H3,(H,38,39,40). The van der Waals surface area contributed by atoms with Crippen molar-refractivity contribution in [2.45, 2.75) is 95.5 Å². The van der Waals surface area contributed by atoms with Crippen LogP contribution in [0.15, 0.2) is 49.6 Å². The van der Waals surface area contributed by atoms with Gasteiger partial charge in [-0.15, -0.1) is 5.10 Å². The molecule has 0 radical (unpaired) electrons. The summed E-state index contributed by atoms with van der Waals surface area (Å²) in [6.07, 6.45) is 14.4. The molecule has 0 bridgehead atoms. The van der Waals surface area contributed by atoms with E-state index >= 15 is 0 Å². The van der Waals surface area contributed by atoms with Crippen molar-refractivity contribution >= 4 is 23.2 Å². The molecule has 1 aromatic carbocycles. The second kappa shape index (κ2) is 16.1. The fourth-order valence-corrected chi connectivity index (χ4v) is 6.99. The molecule has 1 saturated carbocycles. The quantitative estimate of drug-likeness (QED) is 0.149. The third-order valence-corrected chi connectivity index (χ3v) is 9.58. The van der Waals surface area contributed by atoms with Gasteiger partial charge < -0.3 is 30.0 Å². The minimum absolute atomic E-state index is 0.0210. The van der Waals surface area contributed by atoms with Gasteiger partial charge in [-0.3, -0.25) is 9.58 Å². The van der Waals surface area contributed by atoms with Crippen LogP contribution >= 0.6 is 11.6 Å². The van der Waals surface area contributed by atoms with E-state index in [9.17, 15) is 5.11 Å². The van der Waals surface area contributed by atoms with Gasteiger partial charge in [0.2, 0.25) is 5.95 Å². The number of anilines is 2. The number of likely N-dealkylation sites (tertiary alicyclic amines) is 1. The van der Waals surface area contributed by atoms with Gasteiger partial charge in [-0.1, -0.05) is 24.2 Å². The lowest BCUT2D eigenvalue weighted by Gasteiger charge is -2.40. The summed E-state index contributed by atoms with van der Waals surface area (Å²) in [7, 11) is 1.80. The van der Waals surface area contributed by atoms with Crippen molar-refractivity contribution in [3.05, 3.63) is 54.6 Å². The van der Waals surface area contributed by atoms with Crippen molar-refractivity contribution in [2.24, 2.45) is 0 Å². The highest BCUT2D eigenvalue weighted by Gasteiger charge is 2.38. The highest BCUT2D eigenvalue weighted by atomic mass is 35.5. The Morgan fingerprint density at radius 2 is 1.83 bits per heavy atom. The van der Waals surface area contributed by atoms with Gasteiger partial charge in [0.1, 0.15) is 23.6 Å². The fourth-order valence-electron chi connectivity index (χ4n) is 6.82. The Bertz CT molecular complexity index is 1440. The van der Waals surface area contributed by atoms with Crippen molar-refractivity contribution in [1.82, 2.24) is 30.0 Å². The number of methoxy groups -OCH3 is 1. The maximum absolute atomic E-state index is 9.62. The molecule has 0 spiro atoms. The average Bonchev–Trinajstić information content (AvgIpc) is 3.62. The van der Waals surface area contributed by atoms with Gasteiger partial charge in [0.25, 0.3) is 5.88 Å². The lowest BCUT2D eigenvalue weighted by Crippen LogP contribution is -2.46. The van der Waals surface area contributed by atoms with E-state index in [1.807, 2.05) is 42.9 Å². The predicted molar refractivity (Wildman–Crippen MR) is 186 cm³/mol. The van der Waals surface area contributed by atoms with Gasteiger partial charge in [-0.05, 0) is 83.2 Å². The number of aromatic nitrogens is 4. The third kappa shape index (κ3) is 8.95. The van der Waals surface area contributed by atoms with E-state index in [-0.39, 0.29) is 12.6 Å². The Morgan fingerprint density at radius 3 is 2.53 bits per heavy atom. The zero-order valence-electron chi connectivity index (χ0n) is 28.1. The summed E-state index contributed by atoms with van der Waals surface area (Å²) in [5, 5.41) is 21.4. The molecule has 1 aliphatic carbocycles. The number of aliphatic hydroxyl groups is 1. The van der Waals surface area contributed by atoms with Crippen LogP contribution in [-0.4, -0.2) is 87.0 Å². The van der Waals surface area contributed by atoms with Gasteiger partial charge in [-0.25, -0.2) is 9.97 Å². The molecule has 2 unspecified atom stereocenters. The number of hydrogen-bond donors (Lipinski definition) is 3. The third-order valence-electron chi connectivity index (χ3n) is 9.27. The molecule has 1 aliphatic heterocycles. The van der Waals surface area contributed by atoms with Crippen molar-refractivity contribution < 1.29 is 19.3 Å². The average molecular weight is 668 g/mol. The molecule has 3 heterocycles. The number of halogens is 1. The number of nitrogens with one attached hydrogen (secondary N) is 2. The van der Waals surface area contributed by atoms with Gasteiger partial charge >= 0.3 is 0 Å². The molecule has 2 fully saturated rings. The highest BCUT2D eigenvalue weighted by molar-refractivity contribution is 6.32. The molecule has 2 aromatic heterocycles. The Labute approximate surface area is 283 Å². The van der Waals surface area contributed by atoms with Gasteiger partial charge in [-0.2, -0.15) is 0 Å². The smallest absolute Gasteiger partial charge is 0.257 e. The topological polar surface area (TPSA) is 119 Å². The van der Waals surface area contributed by atoms with Crippen LogP contribution in [0, 0.1) is 0 Å². The van der Waals surface area contributed by atoms with Crippen LogP contribution in [0.4, 0.5) is 11.6 Å². The first kappa shape index (κ1) is 34.9. The van der Waals surface area contributed by atoms with Crippen molar-refractivity contribution in [1.29, 1.82) is 0 Å². The van der Waals surface area contributed by atoms with Crippen LogP contribution in [0.25, 0.3) is 11.1 Å². The molecule has 3 N–H and O–H groups in total. The number of ether oxygens (including phenoxy) is 3. The minimum atomic E-state index is -0.606. The molecule has 3 aromatic rings. The molecule has 5 rings (SSSR count). The Hall–Kier alpha value is -3.38. The summed E-state index contributed by atoms with van der Waals surface area (Å²) >= 11 is 6.36. The maximum atomic E-state index is 9.62. The molecule has 256 valence electrons. The fraction of sp³-hybridized carbons (Fsp3) is 0.571. The zero-order valence-corrected chi connectivity index (χ0v) is 28.9. The van der Waals surface area contributed by atoms with E-state index < -0.39 is 5.60 Å². The van der Waals surface area contributed by atoms with E-state index in [0.29, 0.717) is 66.0 Å². The van der Waals surface area contributed by atoms with Gasteiger partial charge in [0, 0.05) is 62.8 Å². The van der Waals surface area contributed by atoms with E-state index in [1.54, 1.807) is 25.7 Å². The molecule has 2 aliphatic rings. The lowest BCUT2D eigenvalue weighted by atomic mass is 9.89. The van der Waals surface area contributed by atoms with Crippen molar-refractivity contribution in [2.75, 3.05) is 38.8 Å². The van der Waals surface area contributed by atoms with Gasteiger partial charge in [0.15, 0.2) is 0 Å². The molecule has 1 saturated heterocycles. The Kier molecular flexibility index (Phi) is 12.0. The molecule has 0 amide bonds. The van der Waals surface area contributed by atoms with Gasteiger partial charge in [0.05, 0.1) is 23.9 Å². The lowest BCUT2D eigenvalue weighted by molar-refractivity contribution is 0.0466. The summed E-state index contributed by atoms with van der Waals surface area (Å²) in [6.45, 7) is 11.8. The molecule has 11 nitrogen and oxygen atoms in total. The number of benzene rings is 1. The first-order chi connectivity index (χ1) is 22.7. The van der Waals surface area contributed by atoms with Crippen LogP contribution in [0.5, 0.6) is 11.6 Å². The maximum Gasteiger partial charge on any atom is 0.257 e. The molecule has 47 heavy (non-hydrogen) atoms. The largest absolute Gasteiger partial charge is 0.490 e. The molecule has 2 atom stereocenters. The summed E-state index contributed by atoms with van der Waals surface area (Å²) in [4.78, 5) is 11.9. The molecular formula is C35H50ClN7O4. The SMILES string of the molecule is C=CNCCOc1cc(-c2cnc(Nc3cn(C4CCC(N5C(C)CCC5COC)CC4)nc3OC(C)(C)CCO)nc2)ccc1Cl. The van der Waals surface area contributed by atoms with Crippen LogP contribution < -0.4 is 20.1 Å². The van der Waals surface area contributed by atoms with Crippen LogP contribution in [0.1, 0.15) is 71.8 Å². The van der Waals surface area contributed by atoms with Crippen LogP contribution in [0.3, 0.4) is 0 Å². The van der Waals surface area contributed by atoms with E-state index in [4.69, 9.17) is 30.9 Å². The summed E-state index contributed by atoms with van der Waals surface area (Å²) in [5.74, 6) is 1.49. The summed E-state index contributed by atoms with van der Waals surface area (Å²) in [6, 6.07) is 7.55. The number of hydrogen-bond acceptors (Lipinski definition) is 10. The Morgan fingerprint density at radius 1 is 1.09 bits per heavy atom. The van der Waals surface area contributed by atoms with Crippen molar-refractivity contribution in [3.8, 4) is 22.8 Å². The summed E-state index contributed by atoms with van der Waals surface area (Å²) < 4.78 is 19.8. The van der Waals surface area contributed by atoms with Crippen LogP contribution in [-0.2, 0) is 4.74 Å². The normalized spacial score (nSPS) is 21.8. The monoisotopic (exact) mass is 667 g/mol. The number of rotatable bonds is 16. The second-order valence-corrected chi connectivity index (χ2v) is 13.6. The first-order valence-electron chi connectivity index (χ1n) is 16.7. The minimum Gasteiger partial charge on any atom is -0.490 e. The van der Waals surface area contributed by atoms with E-state index in [1.165, 1.54) is 12.8 Å². The molecule has 12 heteroatoms. The van der Waals surface area contributed by atoms with E-state index in [2.05, 4.69) is 39.0 Å². The van der Waals surface area contributed by atoms with E-state index in [0.717, 1.165) is 43.4 Å². The number of nitrogens with zero attached hydrogens (tertiary/aromatic N) is 5. The van der Waals surface area contributed by atoms with Crippen molar-refractivity contribution in [3.63, 3.8) is 0 Å². The van der Waals surface area contributed by atoms with Crippen LogP contribution in [0.2, 0.25) is 5.02 Å². The predicted octanol–water partition coefficient (Wildman–Crippen LogP) is 6.37. The Balaban J connectivity index is 1.29. The number of aliphatic hydroxyl groups excluding tert-OH is 1. The highest BCUT2D eigenvalue weighted by Crippen LogP contribution is 2.39. The molecular weight excluding hydrogens is 618 g/mol. The first-order valence-corrected chi connectivity index (χ1v) is 17.1. The second-order valence-electron chi connectivity index (χ2n) is 13.2. The zero-order chi connectivity index (χ0) is 33.4. The summed E-state index contributed by atoms with van der Waals surface area (Å²) in [5.41, 5.74) is 1.80.